The molecule has 1 aromatic rings. The predicted molar refractivity (Wildman–Crippen MR) is 75.5 cm³/mol. The average molecular weight is 298 g/mol. The Balaban J connectivity index is 2.29. The highest BCUT2D eigenvalue weighted by Gasteiger charge is 2.16. The van der Waals surface area contributed by atoms with E-state index >= 15 is 0 Å². The quantitative estimate of drug-likeness (QED) is 0.895. The van der Waals surface area contributed by atoms with Crippen LogP contribution in [0.2, 0.25) is 0 Å². The molecule has 1 N–H and O–H groups in total. The fraction of sp³-hybridized carbons (Fsp3) is 0.571. The number of benzene rings is 1. The number of nitrogens with zero attached hydrogens (tertiary/aromatic N) is 1. The first-order chi connectivity index (χ1) is 8.18. The molecule has 17 heavy (non-hydrogen) atoms. The van der Waals surface area contributed by atoms with Crippen LogP contribution < -0.4 is 4.90 Å². The third-order valence-electron chi connectivity index (χ3n) is 3.39. The Kier molecular flexibility index (Phi) is 4.46. The fourth-order valence-corrected chi connectivity index (χ4v) is 2.84. The molecule has 0 radical (unpaired) electrons. The van der Waals surface area contributed by atoms with Gasteiger partial charge in [-0.2, -0.15) is 0 Å². The van der Waals surface area contributed by atoms with E-state index in [0.717, 1.165) is 23.1 Å². The van der Waals surface area contributed by atoms with Gasteiger partial charge in [0.15, 0.2) is 0 Å². The predicted octanol–water partition coefficient (Wildman–Crippen LogP) is 3.88. The molecule has 1 fully saturated rings. The van der Waals surface area contributed by atoms with E-state index in [-0.39, 0.29) is 0 Å². The lowest BCUT2D eigenvalue weighted by molar-refractivity contribution is 0.199. The summed E-state index contributed by atoms with van der Waals surface area (Å²) < 4.78 is 1.03. The van der Waals surface area contributed by atoms with Crippen LogP contribution in [0.5, 0.6) is 0 Å². The largest absolute Gasteiger partial charge is 0.389 e. The van der Waals surface area contributed by atoms with Crippen LogP contribution in [0.1, 0.15) is 44.3 Å². The summed E-state index contributed by atoms with van der Waals surface area (Å²) >= 11 is 3.47. The third-order valence-corrected chi connectivity index (χ3v) is 3.88. The van der Waals surface area contributed by atoms with Gasteiger partial charge in [-0.15, -0.1) is 0 Å². The molecule has 0 spiro atoms. The standard InChI is InChI=1S/C14H20BrNO/c1-11(17)13-10-12(15)6-7-14(13)16-8-4-2-3-5-9-16/h6-7,10-11,17H,2-5,8-9H2,1H3. The monoisotopic (exact) mass is 297 g/mol. The van der Waals surface area contributed by atoms with Crippen molar-refractivity contribution in [2.24, 2.45) is 0 Å². The topological polar surface area (TPSA) is 23.5 Å². The molecule has 0 amide bonds. The Labute approximate surface area is 112 Å². The van der Waals surface area contributed by atoms with E-state index < -0.39 is 6.10 Å². The van der Waals surface area contributed by atoms with E-state index in [0.29, 0.717) is 0 Å². The van der Waals surface area contributed by atoms with Crippen LogP contribution in [-0.4, -0.2) is 18.2 Å². The van der Waals surface area contributed by atoms with Crippen LogP contribution in [0.15, 0.2) is 22.7 Å². The third kappa shape index (κ3) is 3.23. The Morgan fingerprint density at radius 3 is 2.41 bits per heavy atom. The molecule has 2 rings (SSSR count). The molecular weight excluding hydrogens is 278 g/mol. The molecule has 1 heterocycles. The molecule has 0 bridgehead atoms. The summed E-state index contributed by atoms with van der Waals surface area (Å²) in [4.78, 5) is 2.42. The Morgan fingerprint density at radius 2 is 1.82 bits per heavy atom. The molecule has 0 aliphatic carbocycles. The van der Waals surface area contributed by atoms with Crippen molar-refractivity contribution in [2.75, 3.05) is 18.0 Å². The van der Waals surface area contributed by atoms with Crippen molar-refractivity contribution in [3.05, 3.63) is 28.2 Å². The lowest BCUT2D eigenvalue weighted by atomic mass is 10.1. The van der Waals surface area contributed by atoms with E-state index in [1.165, 1.54) is 31.4 Å². The lowest BCUT2D eigenvalue weighted by Gasteiger charge is -2.26. The Hall–Kier alpha value is -0.540. The molecule has 3 heteroatoms. The molecule has 0 saturated carbocycles. The van der Waals surface area contributed by atoms with Gasteiger partial charge in [-0.1, -0.05) is 28.8 Å². The molecule has 0 aromatic heterocycles. The van der Waals surface area contributed by atoms with E-state index in [4.69, 9.17) is 0 Å². The average Bonchev–Trinajstić information content (AvgIpc) is 2.57. The summed E-state index contributed by atoms with van der Waals surface area (Å²) in [6.45, 7) is 4.06. The number of aliphatic hydroxyl groups is 1. The minimum Gasteiger partial charge on any atom is -0.389 e. The van der Waals surface area contributed by atoms with Gasteiger partial charge in [0.2, 0.25) is 0 Å². The zero-order valence-electron chi connectivity index (χ0n) is 10.3. The lowest BCUT2D eigenvalue weighted by Crippen LogP contribution is -2.25. The number of hydrogen-bond donors (Lipinski definition) is 1. The summed E-state index contributed by atoms with van der Waals surface area (Å²) in [6, 6.07) is 6.22. The minimum absolute atomic E-state index is 0.411. The fourth-order valence-electron chi connectivity index (χ4n) is 2.46. The van der Waals surface area contributed by atoms with Gasteiger partial charge in [-0.3, -0.25) is 0 Å². The van der Waals surface area contributed by atoms with Gasteiger partial charge in [0.05, 0.1) is 6.10 Å². The number of hydrogen-bond acceptors (Lipinski definition) is 2. The van der Waals surface area contributed by atoms with E-state index in [9.17, 15) is 5.11 Å². The molecule has 94 valence electrons. The maximum Gasteiger partial charge on any atom is 0.0782 e. The Bertz CT molecular complexity index is 370. The summed E-state index contributed by atoms with van der Waals surface area (Å²) in [7, 11) is 0. The van der Waals surface area contributed by atoms with Crippen molar-refractivity contribution in [1.29, 1.82) is 0 Å². The maximum atomic E-state index is 9.88. The van der Waals surface area contributed by atoms with Crippen LogP contribution >= 0.6 is 15.9 Å². The van der Waals surface area contributed by atoms with Gasteiger partial charge in [0.25, 0.3) is 0 Å². The summed E-state index contributed by atoms with van der Waals surface area (Å²) in [6.07, 6.45) is 4.77. The highest BCUT2D eigenvalue weighted by Crippen LogP contribution is 2.30. The summed E-state index contributed by atoms with van der Waals surface area (Å²) in [5.41, 5.74) is 2.23. The molecule has 2 nitrogen and oxygen atoms in total. The number of rotatable bonds is 2. The molecule has 1 aliphatic heterocycles. The summed E-state index contributed by atoms with van der Waals surface area (Å²) in [5, 5.41) is 9.88. The van der Waals surface area contributed by atoms with Crippen molar-refractivity contribution in [2.45, 2.75) is 38.7 Å². The molecular formula is C14H20BrNO. The van der Waals surface area contributed by atoms with Gasteiger partial charge >= 0.3 is 0 Å². The molecule has 1 aromatic carbocycles. The van der Waals surface area contributed by atoms with Crippen molar-refractivity contribution in [3.63, 3.8) is 0 Å². The van der Waals surface area contributed by atoms with Gasteiger partial charge in [-0.05, 0) is 38.0 Å². The van der Waals surface area contributed by atoms with Crippen LogP contribution in [-0.2, 0) is 0 Å². The SMILES string of the molecule is CC(O)c1cc(Br)ccc1N1CCCCCC1. The highest BCUT2D eigenvalue weighted by molar-refractivity contribution is 9.10. The zero-order chi connectivity index (χ0) is 12.3. The normalized spacial score (nSPS) is 18.9. The van der Waals surface area contributed by atoms with Gasteiger partial charge in [0, 0.05) is 28.8 Å². The van der Waals surface area contributed by atoms with Gasteiger partial charge < -0.3 is 10.0 Å². The smallest absolute Gasteiger partial charge is 0.0782 e. The van der Waals surface area contributed by atoms with E-state index in [1.54, 1.807) is 0 Å². The maximum absolute atomic E-state index is 9.88. The van der Waals surface area contributed by atoms with Crippen molar-refractivity contribution in [3.8, 4) is 0 Å². The van der Waals surface area contributed by atoms with Gasteiger partial charge in [0.1, 0.15) is 0 Å². The van der Waals surface area contributed by atoms with Crippen LogP contribution in [0.4, 0.5) is 5.69 Å². The first-order valence-corrected chi connectivity index (χ1v) is 7.20. The van der Waals surface area contributed by atoms with Gasteiger partial charge in [-0.25, -0.2) is 0 Å². The van der Waals surface area contributed by atoms with Crippen molar-refractivity contribution in [1.82, 2.24) is 0 Å². The molecule has 1 unspecified atom stereocenters. The first-order valence-electron chi connectivity index (χ1n) is 6.41. The minimum atomic E-state index is -0.411. The zero-order valence-corrected chi connectivity index (χ0v) is 11.9. The summed E-state index contributed by atoms with van der Waals surface area (Å²) in [5.74, 6) is 0. The van der Waals surface area contributed by atoms with Crippen LogP contribution in [0.25, 0.3) is 0 Å². The van der Waals surface area contributed by atoms with Crippen molar-refractivity contribution >= 4 is 21.6 Å². The van der Waals surface area contributed by atoms with E-state index in [2.05, 4.69) is 33.0 Å². The Morgan fingerprint density at radius 1 is 1.18 bits per heavy atom. The second-order valence-corrected chi connectivity index (χ2v) is 5.70. The second kappa shape index (κ2) is 5.87. The number of halogens is 1. The second-order valence-electron chi connectivity index (χ2n) is 4.78. The van der Waals surface area contributed by atoms with Crippen LogP contribution in [0.3, 0.4) is 0 Å². The number of anilines is 1. The molecule has 1 saturated heterocycles. The molecule has 1 atom stereocenters. The van der Waals surface area contributed by atoms with Crippen LogP contribution in [0, 0.1) is 0 Å². The number of aliphatic hydroxyl groups excluding tert-OH is 1. The van der Waals surface area contributed by atoms with Crippen molar-refractivity contribution < 1.29 is 5.11 Å². The molecule has 1 aliphatic rings. The highest BCUT2D eigenvalue weighted by atomic mass is 79.9. The first kappa shape index (κ1) is 12.9. The van der Waals surface area contributed by atoms with E-state index in [1.807, 2.05) is 13.0 Å².